The van der Waals surface area contributed by atoms with Crippen LogP contribution in [0.2, 0.25) is 5.02 Å². The van der Waals surface area contributed by atoms with E-state index in [4.69, 9.17) is 11.6 Å². The number of phenols is 1. The van der Waals surface area contributed by atoms with Crippen molar-refractivity contribution in [3.8, 4) is 5.75 Å². The number of phenolic OH excluding ortho intramolecular Hbond substituents is 1. The monoisotopic (exact) mass is 298 g/mol. The number of hydrogen-bond donors (Lipinski definition) is 3. The Morgan fingerprint density at radius 3 is 2.78 bits per heavy atom. The number of aromatic hydroxyl groups is 1. The summed E-state index contributed by atoms with van der Waals surface area (Å²) in [4.78, 5) is 0. The summed E-state index contributed by atoms with van der Waals surface area (Å²) in [6.45, 7) is 0.249. The molecule has 0 atom stereocenters. The zero-order chi connectivity index (χ0) is 13.8. The summed E-state index contributed by atoms with van der Waals surface area (Å²) in [5.41, 5.74) is -0.216. The summed E-state index contributed by atoms with van der Waals surface area (Å²) >= 11 is 5.48. The van der Waals surface area contributed by atoms with Crippen molar-refractivity contribution in [2.45, 2.75) is 0 Å². The Bertz CT molecular complexity index is 524. The molecule has 18 heavy (non-hydrogen) atoms. The molecular formula is C9H12ClFN2O4S. The first-order valence-electron chi connectivity index (χ1n) is 4.80. The predicted molar refractivity (Wildman–Crippen MR) is 65.5 cm³/mol. The second kappa shape index (κ2) is 6.19. The molecular weight excluding hydrogens is 287 g/mol. The SMILES string of the molecule is COCCNS(=O)(=O)Nc1cc(Cl)c(F)cc1O. The van der Waals surface area contributed by atoms with Crippen LogP contribution < -0.4 is 9.44 Å². The van der Waals surface area contributed by atoms with Crippen LogP contribution in [0.3, 0.4) is 0 Å². The molecule has 0 aliphatic rings. The number of benzene rings is 1. The van der Waals surface area contributed by atoms with Gasteiger partial charge in [0, 0.05) is 19.7 Å². The van der Waals surface area contributed by atoms with Crippen molar-refractivity contribution in [1.82, 2.24) is 4.72 Å². The zero-order valence-corrected chi connectivity index (χ0v) is 11.0. The van der Waals surface area contributed by atoms with Gasteiger partial charge in [-0.1, -0.05) is 11.6 Å². The van der Waals surface area contributed by atoms with E-state index < -0.39 is 21.8 Å². The Hall–Kier alpha value is -1.09. The Morgan fingerprint density at radius 1 is 1.50 bits per heavy atom. The molecule has 0 aliphatic carbocycles. The van der Waals surface area contributed by atoms with Gasteiger partial charge in [-0.05, 0) is 6.07 Å². The van der Waals surface area contributed by atoms with Crippen molar-refractivity contribution in [3.63, 3.8) is 0 Å². The van der Waals surface area contributed by atoms with E-state index in [1.165, 1.54) is 7.11 Å². The number of halogens is 2. The average Bonchev–Trinajstić information content (AvgIpc) is 2.26. The maximum absolute atomic E-state index is 12.9. The van der Waals surface area contributed by atoms with Crippen molar-refractivity contribution >= 4 is 27.5 Å². The summed E-state index contributed by atoms with van der Waals surface area (Å²) in [6, 6.07) is 1.69. The highest BCUT2D eigenvalue weighted by molar-refractivity contribution is 7.90. The van der Waals surface area contributed by atoms with Crippen molar-refractivity contribution in [3.05, 3.63) is 23.0 Å². The number of methoxy groups -OCH3 is 1. The lowest BCUT2D eigenvalue weighted by Crippen LogP contribution is -2.32. The Kier molecular flexibility index (Phi) is 5.15. The number of ether oxygens (including phenoxy) is 1. The van der Waals surface area contributed by atoms with Crippen molar-refractivity contribution in [2.24, 2.45) is 0 Å². The van der Waals surface area contributed by atoms with Gasteiger partial charge in [-0.25, -0.2) is 4.39 Å². The number of rotatable bonds is 6. The highest BCUT2D eigenvalue weighted by Gasteiger charge is 2.14. The minimum absolute atomic E-state index is 0.0571. The highest BCUT2D eigenvalue weighted by atomic mass is 35.5. The molecule has 0 saturated heterocycles. The molecule has 3 N–H and O–H groups in total. The molecule has 0 radical (unpaired) electrons. The summed E-state index contributed by atoms with van der Waals surface area (Å²) in [6.07, 6.45) is 0. The molecule has 1 aromatic rings. The maximum Gasteiger partial charge on any atom is 0.299 e. The molecule has 1 aromatic carbocycles. The van der Waals surface area contributed by atoms with Gasteiger partial charge >= 0.3 is 0 Å². The average molecular weight is 299 g/mol. The third kappa shape index (κ3) is 4.30. The van der Waals surface area contributed by atoms with Crippen LogP contribution in [0.25, 0.3) is 0 Å². The molecule has 0 aromatic heterocycles. The quantitative estimate of drug-likeness (QED) is 0.542. The summed E-state index contributed by atoms with van der Waals surface area (Å²) in [7, 11) is -2.46. The third-order valence-electron chi connectivity index (χ3n) is 1.88. The highest BCUT2D eigenvalue weighted by Crippen LogP contribution is 2.29. The van der Waals surface area contributed by atoms with E-state index in [-0.39, 0.29) is 23.9 Å². The van der Waals surface area contributed by atoms with Crippen LogP contribution in [-0.4, -0.2) is 33.8 Å². The molecule has 0 fully saturated rings. The molecule has 0 bridgehead atoms. The van der Waals surface area contributed by atoms with E-state index in [1.54, 1.807) is 0 Å². The van der Waals surface area contributed by atoms with E-state index in [0.29, 0.717) is 0 Å². The fraction of sp³-hybridized carbons (Fsp3) is 0.333. The molecule has 9 heteroatoms. The smallest absolute Gasteiger partial charge is 0.299 e. The van der Waals surface area contributed by atoms with Gasteiger partial charge in [-0.2, -0.15) is 13.1 Å². The van der Waals surface area contributed by atoms with E-state index in [9.17, 15) is 17.9 Å². The third-order valence-corrected chi connectivity index (χ3v) is 3.24. The fourth-order valence-electron chi connectivity index (χ4n) is 1.08. The molecule has 102 valence electrons. The van der Waals surface area contributed by atoms with Gasteiger partial charge in [-0.3, -0.25) is 4.72 Å². The van der Waals surface area contributed by atoms with Crippen LogP contribution in [0.1, 0.15) is 0 Å². The maximum atomic E-state index is 12.9. The Balaban J connectivity index is 2.81. The summed E-state index contributed by atoms with van der Waals surface area (Å²) in [5, 5.41) is 9.07. The van der Waals surface area contributed by atoms with Gasteiger partial charge in [0.2, 0.25) is 0 Å². The van der Waals surface area contributed by atoms with Crippen LogP contribution in [0.15, 0.2) is 12.1 Å². The van der Waals surface area contributed by atoms with Gasteiger partial charge < -0.3 is 9.84 Å². The lowest BCUT2D eigenvalue weighted by atomic mass is 10.3. The van der Waals surface area contributed by atoms with Crippen LogP contribution in [0, 0.1) is 5.82 Å². The van der Waals surface area contributed by atoms with Crippen LogP contribution in [0.4, 0.5) is 10.1 Å². The molecule has 0 aliphatic heterocycles. The lowest BCUT2D eigenvalue weighted by Gasteiger charge is -2.11. The van der Waals surface area contributed by atoms with Gasteiger partial charge in [0.1, 0.15) is 11.6 Å². The normalized spacial score (nSPS) is 11.5. The van der Waals surface area contributed by atoms with Gasteiger partial charge in [-0.15, -0.1) is 0 Å². The second-order valence-corrected chi connectivity index (χ2v) is 5.18. The van der Waals surface area contributed by atoms with Crippen molar-refractivity contribution in [2.75, 3.05) is 25.0 Å². The summed E-state index contributed by atoms with van der Waals surface area (Å²) in [5.74, 6) is -1.40. The minimum Gasteiger partial charge on any atom is -0.506 e. The first-order valence-corrected chi connectivity index (χ1v) is 6.66. The number of nitrogens with one attached hydrogen (secondary N) is 2. The molecule has 0 heterocycles. The van der Waals surface area contributed by atoms with Gasteiger partial charge in [0.05, 0.1) is 17.3 Å². The molecule has 1 rings (SSSR count). The Morgan fingerprint density at radius 2 is 2.17 bits per heavy atom. The molecule has 0 spiro atoms. The number of hydrogen-bond acceptors (Lipinski definition) is 4. The minimum atomic E-state index is -3.88. The lowest BCUT2D eigenvalue weighted by molar-refractivity contribution is 0.204. The second-order valence-electron chi connectivity index (χ2n) is 3.28. The van der Waals surface area contributed by atoms with Crippen molar-refractivity contribution in [1.29, 1.82) is 0 Å². The molecule has 6 nitrogen and oxygen atoms in total. The van der Waals surface area contributed by atoms with Crippen LogP contribution in [0.5, 0.6) is 5.75 Å². The first-order chi connectivity index (χ1) is 8.35. The van der Waals surface area contributed by atoms with Crippen LogP contribution in [-0.2, 0) is 14.9 Å². The van der Waals surface area contributed by atoms with E-state index in [0.717, 1.165) is 12.1 Å². The van der Waals surface area contributed by atoms with Crippen LogP contribution >= 0.6 is 11.6 Å². The molecule has 0 unspecified atom stereocenters. The van der Waals surface area contributed by atoms with E-state index in [2.05, 4.69) is 9.46 Å². The van der Waals surface area contributed by atoms with Gasteiger partial charge in [0.15, 0.2) is 0 Å². The van der Waals surface area contributed by atoms with E-state index in [1.807, 2.05) is 4.72 Å². The first kappa shape index (κ1) is 15.0. The zero-order valence-electron chi connectivity index (χ0n) is 9.41. The van der Waals surface area contributed by atoms with Gasteiger partial charge in [0.25, 0.3) is 10.2 Å². The summed E-state index contributed by atoms with van der Waals surface area (Å²) < 4.78 is 44.8. The predicted octanol–water partition coefficient (Wildman–Crippen LogP) is 1.08. The van der Waals surface area contributed by atoms with E-state index >= 15 is 0 Å². The topological polar surface area (TPSA) is 87.7 Å². The standard InChI is InChI=1S/C9H12ClFN2O4S/c1-17-3-2-12-18(15,16)13-8-4-6(10)7(11)5-9(8)14/h4-5,12-14H,2-3H2,1H3. The Labute approximate surface area is 109 Å². The van der Waals surface area contributed by atoms with Crippen molar-refractivity contribution < 1.29 is 22.7 Å². The molecule has 0 saturated carbocycles. The number of anilines is 1. The largest absolute Gasteiger partial charge is 0.506 e. The fourth-order valence-corrected chi connectivity index (χ4v) is 2.12. The molecule has 0 amide bonds.